The lowest BCUT2D eigenvalue weighted by molar-refractivity contribution is 0.211. The maximum absolute atomic E-state index is 12.1. The normalized spacial score (nSPS) is 21.5. The van der Waals surface area contributed by atoms with Crippen molar-refractivity contribution in [2.45, 2.75) is 17.7 Å². The fourth-order valence-electron chi connectivity index (χ4n) is 2.31. The van der Waals surface area contributed by atoms with E-state index in [9.17, 15) is 8.42 Å². The Morgan fingerprint density at radius 1 is 1.58 bits per heavy atom. The molecular weight excluding hydrogens is 286 g/mol. The molecule has 0 spiro atoms. The Kier molecular flexibility index (Phi) is 4.78. The standard InChI is InChI=1S/C12H18ClN3O2S/c1-16-6-2-3-10(9-16)7-15-19(17,18)12-8-14-5-4-11(12)13/h4-5,8,10,15H,2-3,6-7,9H2,1H3. The van der Waals surface area contributed by atoms with Gasteiger partial charge in [-0.2, -0.15) is 0 Å². The lowest BCUT2D eigenvalue weighted by atomic mass is 9.99. The van der Waals surface area contributed by atoms with Crippen LogP contribution >= 0.6 is 11.6 Å². The Morgan fingerprint density at radius 2 is 2.37 bits per heavy atom. The van der Waals surface area contributed by atoms with E-state index in [0.29, 0.717) is 12.5 Å². The van der Waals surface area contributed by atoms with E-state index in [-0.39, 0.29) is 9.92 Å². The Bertz CT molecular complexity index is 536. The van der Waals surface area contributed by atoms with Crippen molar-refractivity contribution in [3.63, 3.8) is 0 Å². The molecule has 0 aromatic carbocycles. The van der Waals surface area contributed by atoms with Crippen molar-refractivity contribution in [1.82, 2.24) is 14.6 Å². The number of aromatic nitrogens is 1. The van der Waals surface area contributed by atoms with Crippen LogP contribution in [0.2, 0.25) is 5.02 Å². The van der Waals surface area contributed by atoms with Crippen LogP contribution < -0.4 is 4.72 Å². The summed E-state index contributed by atoms with van der Waals surface area (Å²) < 4.78 is 26.9. The molecule has 1 fully saturated rings. The average Bonchev–Trinajstić information content (AvgIpc) is 2.37. The SMILES string of the molecule is CN1CCCC(CNS(=O)(=O)c2cnccc2Cl)C1. The van der Waals surface area contributed by atoms with Gasteiger partial charge in [-0.3, -0.25) is 4.98 Å². The van der Waals surface area contributed by atoms with Gasteiger partial charge in [0.1, 0.15) is 4.90 Å². The van der Waals surface area contributed by atoms with Gasteiger partial charge in [0.15, 0.2) is 0 Å². The quantitative estimate of drug-likeness (QED) is 0.912. The van der Waals surface area contributed by atoms with Crippen LogP contribution in [0.1, 0.15) is 12.8 Å². The van der Waals surface area contributed by atoms with Gasteiger partial charge < -0.3 is 4.90 Å². The molecule has 1 aromatic heterocycles. The summed E-state index contributed by atoms with van der Waals surface area (Å²) in [7, 11) is -1.52. The highest BCUT2D eigenvalue weighted by Gasteiger charge is 2.22. The van der Waals surface area contributed by atoms with Crippen LogP contribution in [0.15, 0.2) is 23.4 Å². The Morgan fingerprint density at radius 3 is 3.05 bits per heavy atom. The molecule has 1 N–H and O–H groups in total. The third kappa shape index (κ3) is 3.89. The van der Waals surface area contributed by atoms with Crippen LogP contribution in [-0.2, 0) is 10.0 Å². The number of nitrogens with zero attached hydrogens (tertiary/aromatic N) is 2. The van der Waals surface area contributed by atoms with Crippen molar-refractivity contribution in [2.75, 3.05) is 26.7 Å². The van der Waals surface area contributed by atoms with Gasteiger partial charge >= 0.3 is 0 Å². The number of piperidine rings is 1. The van der Waals surface area contributed by atoms with E-state index in [4.69, 9.17) is 11.6 Å². The molecule has 1 aliphatic rings. The fraction of sp³-hybridized carbons (Fsp3) is 0.583. The average molecular weight is 304 g/mol. The van der Waals surface area contributed by atoms with Crippen molar-refractivity contribution in [3.8, 4) is 0 Å². The maximum atomic E-state index is 12.1. The zero-order valence-corrected chi connectivity index (χ0v) is 12.4. The summed E-state index contributed by atoms with van der Waals surface area (Å²) in [5.74, 6) is 0.351. The van der Waals surface area contributed by atoms with Gasteiger partial charge in [-0.1, -0.05) is 11.6 Å². The number of hydrogen-bond donors (Lipinski definition) is 1. The summed E-state index contributed by atoms with van der Waals surface area (Å²) in [5, 5.41) is 0.197. The van der Waals surface area contributed by atoms with E-state index in [1.165, 1.54) is 18.5 Å². The van der Waals surface area contributed by atoms with Gasteiger partial charge in [0.05, 0.1) is 5.02 Å². The predicted octanol–water partition coefficient (Wildman–Crippen LogP) is 1.36. The molecule has 7 heteroatoms. The smallest absolute Gasteiger partial charge is 0.243 e. The molecule has 1 unspecified atom stereocenters. The molecule has 1 saturated heterocycles. The zero-order valence-electron chi connectivity index (χ0n) is 10.8. The van der Waals surface area contributed by atoms with Crippen LogP contribution in [0, 0.1) is 5.92 Å². The summed E-state index contributed by atoms with van der Waals surface area (Å²) in [5.41, 5.74) is 0. The first kappa shape index (κ1) is 14.7. The first-order chi connectivity index (χ1) is 8.99. The third-order valence-electron chi connectivity index (χ3n) is 3.31. The first-order valence-corrected chi connectivity index (χ1v) is 8.13. The summed E-state index contributed by atoms with van der Waals surface area (Å²) in [6, 6.07) is 1.48. The lowest BCUT2D eigenvalue weighted by Gasteiger charge is -2.29. The second-order valence-electron chi connectivity index (χ2n) is 4.93. The third-order valence-corrected chi connectivity index (χ3v) is 5.20. The minimum atomic E-state index is -3.57. The number of likely N-dealkylation sites (tertiary alicyclic amines) is 1. The number of sulfonamides is 1. The Balaban J connectivity index is 2.00. The molecule has 0 radical (unpaired) electrons. The molecule has 0 amide bonds. The molecule has 2 heterocycles. The van der Waals surface area contributed by atoms with Crippen molar-refractivity contribution >= 4 is 21.6 Å². The number of halogens is 1. The molecule has 19 heavy (non-hydrogen) atoms. The number of hydrogen-bond acceptors (Lipinski definition) is 4. The zero-order chi connectivity index (χ0) is 13.9. The van der Waals surface area contributed by atoms with Gasteiger partial charge in [0, 0.05) is 25.5 Å². The predicted molar refractivity (Wildman–Crippen MR) is 74.7 cm³/mol. The largest absolute Gasteiger partial charge is 0.306 e. The number of rotatable bonds is 4. The molecule has 1 aromatic rings. The van der Waals surface area contributed by atoms with Crippen LogP contribution in [0.25, 0.3) is 0 Å². The molecule has 1 aliphatic heterocycles. The summed E-state index contributed by atoms with van der Waals surface area (Å²) in [6.45, 7) is 2.44. The van der Waals surface area contributed by atoms with Crippen LogP contribution in [0.5, 0.6) is 0 Å². The Labute approximate surface area is 119 Å². The van der Waals surface area contributed by atoms with Crippen molar-refractivity contribution in [1.29, 1.82) is 0 Å². The molecule has 1 atom stereocenters. The minimum Gasteiger partial charge on any atom is -0.306 e. The van der Waals surface area contributed by atoms with Gasteiger partial charge in [-0.15, -0.1) is 0 Å². The molecular formula is C12H18ClN3O2S. The summed E-state index contributed by atoms with van der Waals surface area (Å²) in [4.78, 5) is 6.07. The second kappa shape index (κ2) is 6.17. The molecule has 0 aliphatic carbocycles. The van der Waals surface area contributed by atoms with E-state index in [0.717, 1.165) is 25.9 Å². The highest BCUT2D eigenvalue weighted by molar-refractivity contribution is 7.89. The van der Waals surface area contributed by atoms with E-state index in [2.05, 4.69) is 21.7 Å². The van der Waals surface area contributed by atoms with Crippen molar-refractivity contribution in [2.24, 2.45) is 5.92 Å². The molecule has 5 nitrogen and oxygen atoms in total. The molecule has 106 valence electrons. The van der Waals surface area contributed by atoms with Gasteiger partial charge in [-0.05, 0) is 38.4 Å². The topological polar surface area (TPSA) is 62.3 Å². The molecule has 0 saturated carbocycles. The minimum absolute atomic E-state index is 0.0424. The van der Waals surface area contributed by atoms with Gasteiger partial charge in [0.25, 0.3) is 0 Å². The van der Waals surface area contributed by atoms with E-state index in [1.54, 1.807) is 0 Å². The number of pyridine rings is 1. The molecule has 0 bridgehead atoms. The van der Waals surface area contributed by atoms with Crippen LogP contribution in [0.3, 0.4) is 0 Å². The second-order valence-corrected chi connectivity index (χ2v) is 7.07. The summed E-state index contributed by atoms with van der Waals surface area (Å²) in [6.07, 6.45) is 4.90. The first-order valence-electron chi connectivity index (χ1n) is 6.27. The monoisotopic (exact) mass is 303 g/mol. The Hall–Kier alpha value is -0.690. The molecule has 2 rings (SSSR count). The van der Waals surface area contributed by atoms with Crippen molar-refractivity contribution < 1.29 is 8.42 Å². The van der Waals surface area contributed by atoms with E-state index < -0.39 is 10.0 Å². The van der Waals surface area contributed by atoms with Gasteiger partial charge in [-0.25, -0.2) is 13.1 Å². The van der Waals surface area contributed by atoms with Crippen LogP contribution in [-0.4, -0.2) is 45.0 Å². The fourth-order valence-corrected chi connectivity index (χ4v) is 3.85. The highest BCUT2D eigenvalue weighted by Crippen LogP contribution is 2.20. The lowest BCUT2D eigenvalue weighted by Crippen LogP contribution is -2.39. The maximum Gasteiger partial charge on any atom is 0.243 e. The summed E-state index contributed by atoms with van der Waals surface area (Å²) >= 11 is 5.89. The van der Waals surface area contributed by atoms with E-state index >= 15 is 0 Å². The number of nitrogens with one attached hydrogen (secondary N) is 1. The van der Waals surface area contributed by atoms with Crippen molar-refractivity contribution in [3.05, 3.63) is 23.5 Å². The highest BCUT2D eigenvalue weighted by atomic mass is 35.5. The van der Waals surface area contributed by atoms with E-state index in [1.807, 2.05) is 0 Å². The van der Waals surface area contributed by atoms with Crippen LogP contribution in [0.4, 0.5) is 0 Å². The van der Waals surface area contributed by atoms with Gasteiger partial charge in [0.2, 0.25) is 10.0 Å².